The lowest BCUT2D eigenvalue weighted by Crippen LogP contribution is -2.52. The van der Waals surface area contributed by atoms with Crippen LogP contribution in [-0.2, 0) is 14.3 Å². The molecule has 0 saturated heterocycles. The summed E-state index contributed by atoms with van der Waals surface area (Å²) in [6, 6.07) is -1.76. The zero-order valence-corrected chi connectivity index (χ0v) is 35.3. The van der Waals surface area contributed by atoms with Gasteiger partial charge in [-0.2, -0.15) is 0 Å². The molecule has 52 heavy (non-hydrogen) atoms. The minimum Gasteiger partial charge on any atom is -0.480 e. The maximum absolute atomic E-state index is 13.3. The summed E-state index contributed by atoms with van der Waals surface area (Å²) in [4.78, 5) is 37.9. The van der Waals surface area contributed by atoms with Crippen LogP contribution in [0.15, 0.2) is 0 Å². The first kappa shape index (κ1) is 50.2. The number of carbonyl (C=O) groups is 3. The SMILES string of the molecule is CCCCCCCCCCCCCCCCCCC(NC(=O)C(CCCCCCCCCCCCCCCCCC)NC(=O)OC(C)(C)C)C(=O)O. The summed E-state index contributed by atoms with van der Waals surface area (Å²) in [6.45, 7) is 9.90. The van der Waals surface area contributed by atoms with Crippen LogP contribution in [0.3, 0.4) is 0 Å². The second kappa shape index (κ2) is 36.2. The monoisotopic (exact) mass is 737 g/mol. The second-order valence-electron chi connectivity index (χ2n) is 16.8. The Hall–Kier alpha value is -1.79. The first-order valence-electron chi connectivity index (χ1n) is 22.6. The molecule has 0 aromatic rings. The van der Waals surface area contributed by atoms with Gasteiger partial charge in [0.15, 0.2) is 0 Å². The predicted molar refractivity (Wildman–Crippen MR) is 221 cm³/mol. The first-order valence-corrected chi connectivity index (χ1v) is 22.6. The smallest absolute Gasteiger partial charge is 0.408 e. The predicted octanol–water partition coefficient (Wildman–Crippen LogP) is 13.8. The summed E-state index contributed by atoms with van der Waals surface area (Å²) < 4.78 is 5.42. The van der Waals surface area contributed by atoms with Crippen molar-refractivity contribution in [3.05, 3.63) is 0 Å². The highest BCUT2D eigenvalue weighted by Crippen LogP contribution is 2.17. The van der Waals surface area contributed by atoms with Crippen LogP contribution in [-0.4, -0.2) is 40.8 Å². The molecule has 0 aliphatic carbocycles. The highest BCUT2D eigenvalue weighted by molar-refractivity contribution is 5.89. The summed E-state index contributed by atoms with van der Waals surface area (Å²) in [5.74, 6) is -1.46. The van der Waals surface area contributed by atoms with E-state index in [2.05, 4.69) is 24.5 Å². The molecule has 2 unspecified atom stereocenters. The number of ether oxygens (including phenoxy) is 1. The van der Waals surface area contributed by atoms with Gasteiger partial charge in [0, 0.05) is 0 Å². The number of hydrogen-bond donors (Lipinski definition) is 3. The molecule has 308 valence electrons. The third kappa shape index (κ3) is 35.3. The quantitative estimate of drug-likeness (QED) is 0.0547. The van der Waals surface area contributed by atoms with Crippen LogP contribution < -0.4 is 10.6 Å². The number of rotatable bonds is 38. The van der Waals surface area contributed by atoms with Crippen molar-refractivity contribution in [2.24, 2.45) is 0 Å². The molecule has 0 fully saturated rings. The van der Waals surface area contributed by atoms with E-state index in [0.29, 0.717) is 12.8 Å². The summed E-state index contributed by atoms with van der Waals surface area (Å²) in [5, 5.41) is 15.3. The Balaban J connectivity index is 4.29. The van der Waals surface area contributed by atoms with Gasteiger partial charge in [0.2, 0.25) is 5.91 Å². The largest absolute Gasteiger partial charge is 0.480 e. The van der Waals surface area contributed by atoms with Crippen molar-refractivity contribution in [3.63, 3.8) is 0 Å². The minimum atomic E-state index is -1.02. The highest BCUT2D eigenvalue weighted by atomic mass is 16.6. The normalized spacial score (nSPS) is 12.8. The summed E-state index contributed by atoms with van der Waals surface area (Å²) in [5.41, 5.74) is -0.684. The Morgan fingerprint density at radius 2 is 0.712 bits per heavy atom. The Bertz CT molecular complexity index is 827. The number of aliphatic carboxylic acids is 1. The van der Waals surface area contributed by atoms with E-state index in [9.17, 15) is 19.5 Å². The molecule has 0 saturated carbocycles. The summed E-state index contributed by atoms with van der Waals surface area (Å²) in [6.07, 6.45) is 40.8. The summed E-state index contributed by atoms with van der Waals surface area (Å²) >= 11 is 0. The number of hydrogen-bond acceptors (Lipinski definition) is 4. The van der Waals surface area contributed by atoms with E-state index in [1.54, 1.807) is 20.8 Å². The Morgan fingerprint density at radius 1 is 0.442 bits per heavy atom. The van der Waals surface area contributed by atoms with Gasteiger partial charge in [0.05, 0.1) is 0 Å². The number of alkyl carbamates (subject to hydrolysis) is 1. The number of nitrogens with one attached hydrogen (secondary N) is 2. The molecule has 3 N–H and O–H groups in total. The van der Waals surface area contributed by atoms with Gasteiger partial charge < -0.3 is 20.5 Å². The fourth-order valence-electron chi connectivity index (χ4n) is 7.04. The highest BCUT2D eigenvalue weighted by Gasteiger charge is 2.28. The molecule has 0 rings (SSSR count). The molecule has 0 aliphatic rings. The lowest BCUT2D eigenvalue weighted by atomic mass is 10.0. The average Bonchev–Trinajstić information content (AvgIpc) is 3.09. The van der Waals surface area contributed by atoms with Crippen LogP contribution in [0.5, 0.6) is 0 Å². The number of amides is 2. The van der Waals surface area contributed by atoms with Crippen molar-refractivity contribution < 1.29 is 24.2 Å². The van der Waals surface area contributed by atoms with E-state index in [-0.39, 0.29) is 0 Å². The van der Waals surface area contributed by atoms with Gasteiger partial charge in [-0.25, -0.2) is 9.59 Å². The number of carbonyl (C=O) groups excluding carboxylic acids is 2. The van der Waals surface area contributed by atoms with E-state index < -0.39 is 35.7 Å². The van der Waals surface area contributed by atoms with Gasteiger partial charge in [0.1, 0.15) is 17.7 Å². The van der Waals surface area contributed by atoms with E-state index in [4.69, 9.17) is 4.74 Å². The molecule has 2 atom stereocenters. The van der Waals surface area contributed by atoms with Crippen molar-refractivity contribution >= 4 is 18.0 Å². The van der Waals surface area contributed by atoms with Crippen molar-refractivity contribution in [2.75, 3.05) is 0 Å². The third-order valence-electron chi connectivity index (χ3n) is 10.3. The van der Waals surface area contributed by atoms with Crippen LogP contribution in [0, 0.1) is 0 Å². The minimum absolute atomic E-state index is 0.401. The Labute approximate surface area is 322 Å². The van der Waals surface area contributed by atoms with E-state index >= 15 is 0 Å². The maximum Gasteiger partial charge on any atom is 0.408 e. The molecule has 7 heteroatoms. The Morgan fingerprint density at radius 3 is 0.981 bits per heavy atom. The van der Waals surface area contributed by atoms with E-state index in [1.165, 1.54) is 167 Å². The van der Waals surface area contributed by atoms with Gasteiger partial charge in [-0.1, -0.05) is 219 Å². The lowest BCUT2D eigenvalue weighted by molar-refractivity contribution is -0.142. The first-order chi connectivity index (χ1) is 25.1. The number of unbranched alkanes of at least 4 members (excludes halogenated alkanes) is 30. The molecular weight excluding hydrogens is 649 g/mol. The summed E-state index contributed by atoms with van der Waals surface area (Å²) in [7, 11) is 0. The van der Waals surface area contributed by atoms with Crippen LogP contribution in [0.25, 0.3) is 0 Å². The van der Waals surface area contributed by atoms with Gasteiger partial charge in [-0.15, -0.1) is 0 Å². The van der Waals surface area contributed by atoms with Crippen molar-refractivity contribution in [2.45, 2.75) is 271 Å². The topological polar surface area (TPSA) is 105 Å². The van der Waals surface area contributed by atoms with Crippen LogP contribution in [0.2, 0.25) is 0 Å². The van der Waals surface area contributed by atoms with Crippen LogP contribution >= 0.6 is 0 Å². The van der Waals surface area contributed by atoms with Gasteiger partial charge in [-0.05, 0) is 33.6 Å². The van der Waals surface area contributed by atoms with Gasteiger partial charge in [0.25, 0.3) is 0 Å². The maximum atomic E-state index is 13.3. The molecule has 0 aliphatic heterocycles. The second-order valence-corrected chi connectivity index (χ2v) is 16.8. The number of carboxylic acid groups (broad SMARTS) is 1. The molecule has 7 nitrogen and oxygen atoms in total. The molecule has 0 bridgehead atoms. The van der Waals surface area contributed by atoms with E-state index in [0.717, 1.165) is 38.5 Å². The molecule has 0 spiro atoms. The average molecular weight is 737 g/mol. The molecule has 0 radical (unpaired) electrons. The van der Waals surface area contributed by atoms with Crippen LogP contribution in [0.4, 0.5) is 4.79 Å². The fraction of sp³-hybridized carbons (Fsp3) is 0.933. The third-order valence-corrected chi connectivity index (χ3v) is 10.3. The molecular formula is C45H88N2O5. The zero-order chi connectivity index (χ0) is 38.5. The van der Waals surface area contributed by atoms with Crippen molar-refractivity contribution in [1.82, 2.24) is 10.6 Å². The van der Waals surface area contributed by atoms with Crippen molar-refractivity contribution in [1.29, 1.82) is 0 Å². The number of carboxylic acids is 1. The molecule has 0 aromatic heterocycles. The standard InChI is InChI=1S/C45H88N2O5/c1-6-8-10-12-14-16-18-20-22-24-26-28-30-32-34-36-38-40(47-44(51)52-45(3,4)5)42(48)46-41(43(49)50)39-37-35-33-31-29-27-25-23-21-19-17-15-13-11-9-7-2/h40-41H,6-39H2,1-5H3,(H,46,48)(H,47,51)(H,49,50). The van der Waals surface area contributed by atoms with Crippen LogP contribution in [0.1, 0.15) is 253 Å². The van der Waals surface area contributed by atoms with E-state index in [1.807, 2.05) is 0 Å². The lowest BCUT2D eigenvalue weighted by Gasteiger charge is -2.24. The molecule has 0 heterocycles. The molecule has 0 aromatic carbocycles. The van der Waals surface area contributed by atoms with Gasteiger partial charge in [-0.3, -0.25) is 4.79 Å². The van der Waals surface area contributed by atoms with Crippen molar-refractivity contribution in [3.8, 4) is 0 Å². The van der Waals surface area contributed by atoms with Gasteiger partial charge >= 0.3 is 12.1 Å². The zero-order valence-electron chi connectivity index (χ0n) is 35.3. The Kier molecular flexibility index (Phi) is 35.0. The molecule has 2 amide bonds. The fourth-order valence-corrected chi connectivity index (χ4v) is 7.04.